The molecule has 278 valence electrons. The molecular formula is C33H48BN6O9S2+. The lowest BCUT2D eigenvalue weighted by molar-refractivity contribution is -0.911. The molecule has 3 aliphatic heterocycles. The number of aromatic nitrogens is 1. The van der Waals surface area contributed by atoms with Crippen LogP contribution >= 0.6 is 23.1 Å². The second-order valence-electron chi connectivity index (χ2n) is 15.3. The summed E-state index contributed by atoms with van der Waals surface area (Å²) in [4.78, 5) is 76.8. The highest BCUT2D eigenvalue weighted by Gasteiger charge is 2.55. The van der Waals surface area contributed by atoms with Gasteiger partial charge in [0.25, 0.3) is 11.8 Å². The summed E-state index contributed by atoms with van der Waals surface area (Å²) < 4.78 is 16.1. The van der Waals surface area contributed by atoms with Crippen LogP contribution in [0, 0.1) is 6.92 Å². The van der Waals surface area contributed by atoms with E-state index in [9.17, 15) is 24.0 Å². The quantitative estimate of drug-likeness (QED) is 0.0804. The van der Waals surface area contributed by atoms with Crippen molar-refractivity contribution in [2.75, 3.05) is 38.5 Å². The highest BCUT2D eigenvalue weighted by molar-refractivity contribution is 8.00. The first-order valence-corrected chi connectivity index (χ1v) is 18.7. The van der Waals surface area contributed by atoms with E-state index in [1.54, 1.807) is 53.8 Å². The average molecular weight is 748 g/mol. The minimum atomic E-state index is -1.55. The van der Waals surface area contributed by atoms with Gasteiger partial charge in [-0.2, -0.15) is 0 Å². The Bertz CT molecular complexity index is 1590. The van der Waals surface area contributed by atoms with E-state index in [1.807, 2.05) is 0 Å². The Morgan fingerprint density at radius 2 is 1.71 bits per heavy atom. The molecule has 3 amide bonds. The molecule has 1 aromatic rings. The molecule has 4 rings (SSSR count). The number of nitrogens with one attached hydrogen (secondary N) is 2. The number of β-lactam (4-membered cyclic amide) rings is 1. The van der Waals surface area contributed by atoms with Gasteiger partial charge in [-0.25, -0.2) is 19.4 Å². The van der Waals surface area contributed by atoms with Crippen molar-refractivity contribution >= 4 is 66.7 Å². The first-order valence-electron chi connectivity index (χ1n) is 16.8. The van der Waals surface area contributed by atoms with Crippen molar-refractivity contribution < 1.29 is 47.4 Å². The molecule has 0 unspecified atom stereocenters. The van der Waals surface area contributed by atoms with E-state index >= 15 is 0 Å². The maximum Gasteiger partial charge on any atom is 0.407 e. The number of ether oxygens (including phenoxy) is 2. The number of esters is 1. The van der Waals surface area contributed by atoms with Crippen LogP contribution in [0.2, 0.25) is 0 Å². The highest BCUT2D eigenvalue weighted by atomic mass is 32.2. The van der Waals surface area contributed by atoms with Crippen LogP contribution in [0.4, 0.5) is 4.79 Å². The number of carbonyl (C=O) groups is 5. The summed E-state index contributed by atoms with van der Waals surface area (Å²) in [6.45, 7) is 18.3. The van der Waals surface area contributed by atoms with E-state index in [1.165, 1.54) is 41.8 Å². The third kappa shape index (κ3) is 10.0. The van der Waals surface area contributed by atoms with Gasteiger partial charge in [0.15, 0.2) is 5.71 Å². The molecule has 18 heteroatoms. The Balaban J connectivity index is 1.52. The number of quaternary nitrogens is 1. The number of hydrogen-bond acceptors (Lipinski definition) is 13. The monoisotopic (exact) mass is 747 g/mol. The number of thiazole rings is 1. The zero-order valence-electron chi connectivity index (χ0n) is 30.7. The first kappa shape index (κ1) is 40.1. The minimum Gasteiger partial charge on any atom is -0.539 e. The fourth-order valence-electron chi connectivity index (χ4n) is 5.91. The van der Waals surface area contributed by atoms with Crippen LogP contribution in [0.1, 0.15) is 78.9 Å². The fourth-order valence-corrected chi connectivity index (χ4v) is 7.85. The lowest BCUT2D eigenvalue weighted by Gasteiger charge is -2.50. The maximum absolute atomic E-state index is 13.7. The third-order valence-electron chi connectivity index (χ3n) is 8.26. The van der Waals surface area contributed by atoms with E-state index in [-0.39, 0.29) is 17.1 Å². The van der Waals surface area contributed by atoms with Crippen LogP contribution in [0.25, 0.3) is 0 Å². The van der Waals surface area contributed by atoms with E-state index in [2.05, 4.69) is 25.4 Å². The molecule has 2 atom stereocenters. The summed E-state index contributed by atoms with van der Waals surface area (Å²) in [5.74, 6) is -2.44. The zero-order chi connectivity index (χ0) is 37.9. The van der Waals surface area contributed by atoms with Crippen LogP contribution in [0.15, 0.2) is 21.8 Å². The van der Waals surface area contributed by atoms with Crippen LogP contribution in [-0.2, 0) is 38.1 Å². The number of nitrogens with zero attached hydrogens (tertiary/aromatic N) is 4. The number of thioether (sulfide) groups is 1. The molecule has 51 heavy (non-hydrogen) atoms. The van der Waals surface area contributed by atoms with Gasteiger partial charge >= 0.3 is 26.1 Å². The smallest absolute Gasteiger partial charge is 0.407 e. The predicted octanol–water partition coefficient (Wildman–Crippen LogP) is 2.71. The lowest BCUT2D eigenvalue weighted by atomic mass is 10.0. The van der Waals surface area contributed by atoms with Crippen LogP contribution in [0.3, 0.4) is 0 Å². The van der Waals surface area contributed by atoms with Gasteiger partial charge in [-0.15, -0.1) is 23.1 Å². The fraction of sp³-hybridized carbons (Fsp3) is 0.667. The molecule has 2 radical (unpaired) electrons. The van der Waals surface area contributed by atoms with E-state index in [0.29, 0.717) is 40.5 Å². The van der Waals surface area contributed by atoms with E-state index in [0.717, 1.165) is 25.9 Å². The second-order valence-corrected chi connectivity index (χ2v) is 17.5. The molecule has 0 aliphatic carbocycles. The molecule has 2 saturated heterocycles. The van der Waals surface area contributed by atoms with Crippen LogP contribution < -0.4 is 10.6 Å². The molecule has 2 N–H and O–H groups in total. The van der Waals surface area contributed by atoms with Crippen molar-refractivity contribution in [1.82, 2.24) is 20.5 Å². The van der Waals surface area contributed by atoms with Crippen LogP contribution in [0.5, 0.6) is 0 Å². The molecular weight excluding hydrogens is 699 g/mol. The van der Waals surface area contributed by atoms with Crippen molar-refractivity contribution in [3.05, 3.63) is 27.4 Å². The Labute approximate surface area is 308 Å². The van der Waals surface area contributed by atoms with Crippen molar-refractivity contribution in [3.8, 4) is 0 Å². The predicted molar refractivity (Wildman–Crippen MR) is 191 cm³/mol. The first-order chi connectivity index (χ1) is 23.7. The molecule has 0 aromatic carbocycles. The number of alkyl carbamates (subject to hydrolysis) is 1. The molecule has 0 bridgehead atoms. The molecule has 0 saturated carbocycles. The number of aryl methyl sites for hydroxylation is 1. The molecule has 1 aromatic heterocycles. The molecule has 2 fully saturated rings. The van der Waals surface area contributed by atoms with Crippen molar-refractivity contribution in [2.45, 2.75) is 103 Å². The van der Waals surface area contributed by atoms with Crippen LogP contribution in [-0.4, -0.2) is 125 Å². The van der Waals surface area contributed by atoms with Gasteiger partial charge < -0.3 is 34.1 Å². The topological polar surface area (TPSA) is 175 Å². The number of oxime groups is 1. The summed E-state index contributed by atoms with van der Waals surface area (Å²) in [5, 5.41) is 11.2. The summed E-state index contributed by atoms with van der Waals surface area (Å²) >= 11 is 2.69. The number of hydrogen-bond donors (Lipinski definition) is 2. The van der Waals surface area contributed by atoms with Gasteiger partial charge in [-0.05, 0) is 62.3 Å². The Hall–Kier alpha value is -3.64. The molecule has 15 nitrogen and oxygen atoms in total. The maximum atomic E-state index is 13.7. The van der Waals surface area contributed by atoms with Gasteiger partial charge in [0.2, 0.25) is 5.60 Å². The van der Waals surface area contributed by atoms with Crippen molar-refractivity contribution in [3.63, 3.8) is 0 Å². The highest BCUT2D eigenvalue weighted by Crippen LogP contribution is 2.42. The number of likely N-dealkylation sites (tertiary alicyclic amines) is 1. The van der Waals surface area contributed by atoms with E-state index in [4.69, 9.17) is 22.4 Å². The number of rotatable bonds is 12. The molecule has 3 aliphatic rings. The largest absolute Gasteiger partial charge is 0.539 e. The van der Waals surface area contributed by atoms with Gasteiger partial charge in [-0.3, -0.25) is 14.5 Å². The average Bonchev–Trinajstić information content (AvgIpc) is 3.66. The Morgan fingerprint density at radius 3 is 2.27 bits per heavy atom. The Morgan fingerprint density at radius 1 is 1.06 bits per heavy atom. The lowest BCUT2D eigenvalue weighted by Crippen LogP contribution is -2.71. The summed E-state index contributed by atoms with van der Waals surface area (Å²) in [6.07, 6.45) is 1.45. The summed E-state index contributed by atoms with van der Waals surface area (Å²) in [5.41, 5.74) is -2.22. The zero-order valence-corrected chi connectivity index (χ0v) is 32.4. The molecule has 4 heterocycles. The number of carbonyl (C=O) groups excluding carboxylic acids is 5. The summed E-state index contributed by atoms with van der Waals surface area (Å²) in [7, 11) is 5.36. The minimum absolute atomic E-state index is 0.0627. The number of fused-ring (bicyclic) bond motifs is 1. The van der Waals surface area contributed by atoms with Gasteiger partial charge in [-0.1, -0.05) is 5.16 Å². The standard InChI is InChI=1S/C33H47BN6O9S2/c1-19-36-21(18-50-19)22(38-49-33(8,9)29(44)46-31(2,3)4)25(41)37-23-26(42)39-24(28(43)48-34)20(17-51-27(23)39)16-40(13-10-11-14-40)15-12-35-30(45)47-32(5,6)7/h18,23,27H,10-17H2,1-9H3,(H-,35,37,41,45)/p+1/b38-22-/t23-,27-/m1/s1. The van der Waals surface area contributed by atoms with Crippen molar-refractivity contribution in [2.24, 2.45) is 5.16 Å². The normalized spacial score (nSPS) is 20.6. The number of amides is 3. The second kappa shape index (κ2) is 15.5. The van der Waals surface area contributed by atoms with E-state index < -0.39 is 58.1 Å². The molecule has 0 spiro atoms. The van der Waals surface area contributed by atoms with Gasteiger partial charge in [0.05, 0.1) is 31.2 Å². The Kier molecular flexibility index (Phi) is 12.2. The third-order valence-corrected chi connectivity index (χ3v) is 10.4. The van der Waals surface area contributed by atoms with Crippen molar-refractivity contribution in [1.29, 1.82) is 0 Å². The van der Waals surface area contributed by atoms with Gasteiger partial charge in [0, 0.05) is 29.5 Å². The summed E-state index contributed by atoms with van der Waals surface area (Å²) in [6, 6.07) is -1.01. The SMILES string of the molecule is [B]OC(=O)C1=C(C[N+]2(CCNC(=O)OC(C)(C)C)CCCC2)CS[C@@H]2[C@H](NC(=O)/C(=N\OC(C)(C)C(=O)OC(C)(C)C)c3csc(C)n3)C(=O)N12. The van der Waals surface area contributed by atoms with Gasteiger partial charge in [0.1, 0.15) is 40.6 Å².